The summed E-state index contributed by atoms with van der Waals surface area (Å²) in [6.07, 6.45) is 0.674. The Balaban J connectivity index is 1.48. The number of rotatable bonds is 5. The van der Waals surface area contributed by atoms with E-state index in [1.165, 1.54) is 45.9 Å². The van der Waals surface area contributed by atoms with Crippen LogP contribution < -0.4 is 4.74 Å². The van der Waals surface area contributed by atoms with Crippen LogP contribution in [0.15, 0.2) is 52.3 Å². The Hall–Kier alpha value is -2.27. The number of nitrogens with zero attached hydrogens (tertiary/aromatic N) is 2. The van der Waals surface area contributed by atoms with E-state index in [1.807, 2.05) is 0 Å². The maximum atomic E-state index is 13.0. The van der Waals surface area contributed by atoms with Gasteiger partial charge in [0.25, 0.3) is 0 Å². The number of hydrogen-bond donors (Lipinski definition) is 0. The van der Waals surface area contributed by atoms with Gasteiger partial charge in [-0.15, -0.1) is 0 Å². The minimum atomic E-state index is -3.76. The molecule has 2 aromatic carbocycles. The Morgan fingerprint density at radius 3 is 1.93 bits per heavy atom. The summed E-state index contributed by atoms with van der Waals surface area (Å²) in [4.78, 5) is 11.7. The first-order valence-corrected chi connectivity index (χ1v) is 12.4. The first-order chi connectivity index (χ1) is 14.2. The molecular weight excluding hydrogens is 428 g/mol. The lowest BCUT2D eigenvalue weighted by molar-refractivity contribution is 0.101. The highest BCUT2D eigenvalue weighted by atomic mass is 32.2. The van der Waals surface area contributed by atoms with Gasteiger partial charge in [-0.25, -0.2) is 16.8 Å². The molecule has 0 unspecified atom stereocenters. The van der Waals surface area contributed by atoms with Crippen LogP contribution >= 0.6 is 0 Å². The molecule has 0 radical (unpaired) electrons. The second-order valence-corrected chi connectivity index (χ2v) is 11.1. The molecule has 2 heterocycles. The van der Waals surface area contributed by atoms with Crippen molar-refractivity contribution in [2.24, 2.45) is 0 Å². The zero-order valence-corrected chi connectivity index (χ0v) is 18.1. The quantitative estimate of drug-likeness (QED) is 0.640. The van der Waals surface area contributed by atoms with Gasteiger partial charge in [-0.05, 0) is 42.8 Å². The third-order valence-corrected chi connectivity index (χ3v) is 9.20. The van der Waals surface area contributed by atoms with E-state index >= 15 is 0 Å². The number of piperazine rings is 1. The summed E-state index contributed by atoms with van der Waals surface area (Å²) in [7, 11) is -7.48. The first kappa shape index (κ1) is 21.0. The molecule has 0 bridgehead atoms. The van der Waals surface area contributed by atoms with Gasteiger partial charge in [0.2, 0.25) is 20.0 Å². The van der Waals surface area contributed by atoms with Crippen LogP contribution in [0.25, 0.3) is 0 Å². The van der Waals surface area contributed by atoms with E-state index in [2.05, 4.69) is 0 Å². The monoisotopic (exact) mass is 450 g/mol. The van der Waals surface area contributed by atoms with Crippen LogP contribution in [-0.4, -0.2) is 64.0 Å². The van der Waals surface area contributed by atoms with Crippen LogP contribution in [0.4, 0.5) is 0 Å². The molecule has 4 rings (SSSR count). The molecular formula is C20H22N2O6S2. The van der Waals surface area contributed by atoms with Crippen molar-refractivity contribution in [3.05, 3.63) is 53.6 Å². The summed E-state index contributed by atoms with van der Waals surface area (Å²) < 4.78 is 59.8. The van der Waals surface area contributed by atoms with E-state index in [0.717, 1.165) is 5.56 Å². The van der Waals surface area contributed by atoms with Crippen LogP contribution in [-0.2, 0) is 26.5 Å². The number of hydrogen-bond acceptors (Lipinski definition) is 6. The van der Waals surface area contributed by atoms with E-state index < -0.39 is 20.0 Å². The molecule has 30 heavy (non-hydrogen) atoms. The van der Waals surface area contributed by atoms with Crippen LogP contribution in [0.5, 0.6) is 5.75 Å². The first-order valence-electron chi connectivity index (χ1n) is 9.56. The third kappa shape index (κ3) is 3.76. The lowest BCUT2D eigenvalue weighted by Gasteiger charge is -2.33. The average Bonchev–Trinajstić information content (AvgIpc) is 3.22. The van der Waals surface area contributed by atoms with E-state index in [-0.39, 0.29) is 41.8 Å². The highest BCUT2D eigenvalue weighted by molar-refractivity contribution is 7.89. The van der Waals surface area contributed by atoms with Crippen molar-refractivity contribution in [2.75, 3.05) is 32.8 Å². The second-order valence-electron chi connectivity index (χ2n) is 7.26. The van der Waals surface area contributed by atoms with Crippen LogP contribution in [0.2, 0.25) is 0 Å². The van der Waals surface area contributed by atoms with Crippen molar-refractivity contribution < 1.29 is 26.4 Å². The van der Waals surface area contributed by atoms with Gasteiger partial charge in [0, 0.05) is 38.2 Å². The van der Waals surface area contributed by atoms with Gasteiger partial charge in [0.15, 0.2) is 5.78 Å². The molecule has 0 N–H and O–H groups in total. The zero-order valence-electron chi connectivity index (χ0n) is 16.4. The Kier molecular flexibility index (Phi) is 5.43. The number of Topliss-reactive ketones (excluding diaryl/α,β-unsaturated/α-hetero) is 1. The van der Waals surface area contributed by atoms with Crippen molar-refractivity contribution in [1.29, 1.82) is 0 Å². The van der Waals surface area contributed by atoms with E-state index in [9.17, 15) is 21.6 Å². The number of ether oxygens (including phenoxy) is 1. The predicted molar refractivity (Wildman–Crippen MR) is 110 cm³/mol. The number of carbonyl (C=O) groups excluding carboxylic acids is 1. The Morgan fingerprint density at radius 1 is 0.833 bits per heavy atom. The lowest BCUT2D eigenvalue weighted by Crippen LogP contribution is -2.50. The average molecular weight is 451 g/mol. The Morgan fingerprint density at radius 2 is 1.37 bits per heavy atom. The highest BCUT2D eigenvalue weighted by Crippen LogP contribution is 2.29. The molecule has 0 aliphatic carbocycles. The lowest BCUT2D eigenvalue weighted by atomic mass is 10.2. The molecule has 2 aliphatic heterocycles. The molecule has 0 amide bonds. The highest BCUT2D eigenvalue weighted by Gasteiger charge is 2.34. The van der Waals surface area contributed by atoms with Gasteiger partial charge < -0.3 is 4.74 Å². The number of benzene rings is 2. The van der Waals surface area contributed by atoms with Gasteiger partial charge in [-0.3, -0.25) is 4.79 Å². The fourth-order valence-corrected chi connectivity index (χ4v) is 6.53. The van der Waals surface area contributed by atoms with Gasteiger partial charge in [-0.2, -0.15) is 8.61 Å². The topological polar surface area (TPSA) is 101 Å². The summed E-state index contributed by atoms with van der Waals surface area (Å²) in [6, 6.07) is 10.6. The smallest absolute Gasteiger partial charge is 0.243 e. The molecule has 2 aromatic rings. The van der Waals surface area contributed by atoms with Crippen LogP contribution in [0.3, 0.4) is 0 Å². The summed E-state index contributed by atoms with van der Waals surface area (Å²) in [6.45, 7) is 2.22. The molecule has 0 atom stereocenters. The standard InChI is InChI=1S/C20H22N2O6S2/c1-15(23)16-2-4-18(5-3-16)29(24,25)21-9-11-22(12-10-21)30(26,27)19-6-7-20-17(14-19)8-13-28-20/h2-7,14H,8-13H2,1H3. The largest absolute Gasteiger partial charge is 0.493 e. The molecule has 1 saturated heterocycles. The molecule has 0 spiro atoms. The molecule has 0 aromatic heterocycles. The molecule has 8 nitrogen and oxygen atoms in total. The van der Waals surface area contributed by atoms with Crippen LogP contribution in [0.1, 0.15) is 22.8 Å². The summed E-state index contributed by atoms with van der Waals surface area (Å²) in [5.41, 5.74) is 1.30. The van der Waals surface area contributed by atoms with Crippen molar-refractivity contribution in [3.8, 4) is 5.75 Å². The van der Waals surface area contributed by atoms with Gasteiger partial charge in [0.05, 0.1) is 16.4 Å². The Bertz CT molecular complexity index is 1180. The van der Waals surface area contributed by atoms with Crippen molar-refractivity contribution >= 4 is 25.8 Å². The van der Waals surface area contributed by atoms with E-state index in [0.29, 0.717) is 24.3 Å². The predicted octanol–water partition coefficient (Wildman–Crippen LogP) is 1.52. The third-order valence-electron chi connectivity index (χ3n) is 5.39. The summed E-state index contributed by atoms with van der Waals surface area (Å²) in [5, 5.41) is 0. The number of sulfonamides is 2. The minimum Gasteiger partial charge on any atom is -0.493 e. The second kappa shape index (κ2) is 7.77. The number of fused-ring (bicyclic) bond motifs is 1. The van der Waals surface area contributed by atoms with Gasteiger partial charge in [-0.1, -0.05) is 12.1 Å². The maximum absolute atomic E-state index is 13.0. The van der Waals surface area contributed by atoms with Crippen molar-refractivity contribution in [3.63, 3.8) is 0 Å². The molecule has 10 heteroatoms. The van der Waals surface area contributed by atoms with E-state index in [4.69, 9.17) is 4.74 Å². The SMILES string of the molecule is CC(=O)c1ccc(S(=O)(=O)N2CCN(S(=O)(=O)c3ccc4c(c3)CCO4)CC2)cc1. The minimum absolute atomic E-state index is 0.0596. The van der Waals surface area contributed by atoms with Crippen LogP contribution in [0, 0.1) is 0 Å². The summed E-state index contributed by atoms with van der Waals surface area (Å²) in [5.74, 6) is 0.566. The van der Waals surface area contributed by atoms with Gasteiger partial charge >= 0.3 is 0 Å². The number of carbonyl (C=O) groups is 1. The van der Waals surface area contributed by atoms with Crippen molar-refractivity contribution in [2.45, 2.75) is 23.1 Å². The van der Waals surface area contributed by atoms with Crippen molar-refractivity contribution in [1.82, 2.24) is 8.61 Å². The van der Waals surface area contributed by atoms with E-state index in [1.54, 1.807) is 12.1 Å². The fourth-order valence-electron chi connectivity index (χ4n) is 3.63. The van der Waals surface area contributed by atoms with Gasteiger partial charge in [0.1, 0.15) is 5.75 Å². The fraction of sp³-hybridized carbons (Fsp3) is 0.350. The zero-order chi connectivity index (χ0) is 21.5. The molecule has 160 valence electrons. The Labute approximate surface area is 176 Å². The summed E-state index contributed by atoms with van der Waals surface area (Å²) >= 11 is 0. The molecule has 0 saturated carbocycles. The number of ketones is 1. The molecule has 2 aliphatic rings. The maximum Gasteiger partial charge on any atom is 0.243 e. The normalized spacial score (nSPS) is 18.0. The molecule has 1 fully saturated rings.